The zero-order chi connectivity index (χ0) is 24.5. The second-order valence-corrected chi connectivity index (χ2v) is 9.10. The van der Waals surface area contributed by atoms with Crippen LogP contribution in [0.5, 0.6) is 11.5 Å². The largest absolute Gasteiger partial charge is 0.489 e. The van der Waals surface area contributed by atoms with Crippen molar-refractivity contribution in [3.8, 4) is 11.5 Å². The summed E-state index contributed by atoms with van der Waals surface area (Å²) in [6.45, 7) is 1.13. The standard InChI is InChI=1S/C26H25IN2O6/c27-20-6-4-18(5-7-20)16-33-21-8-10-22(11-9-21)34-17-24(29-35-25-3-1-2-14-32-25)23-15-19(26(30)31)12-13-28-23/h4-13,15,25H,1-3,14,16-17H2,(H,30,31)/b29-24+. The number of rotatable bonds is 10. The summed E-state index contributed by atoms with van der Waals surface area (Å²) in [6.07, 6.45) is 3.71. The molecule has 8 nitrogen and oxygen atoms in total. The zero-order valence-corrected chi connectivity index (χ0v) is 21.1. The Hall–Kier alpha value is -3.18. The number of hydrogen-bond acceptors (Lipinski definition) is 7. The fourth-order valence-corrected chi connectivity index (χ4v) is 3.68. The van der Waals surface area contributed by atoms with Gasteiger partial charge in [-0.25, -0.2) is 4.79 Å². The predicted octanol–water partition coefficient (Wildman–Crippen LogP) is 5.29. The number of ether oxygens (including phenoxy) is 3. The van der Waals surface area contributed by atoms with Crippen molar-refractivity contribution in [2.45, 2.75) is 32.2 Å². The van der Waals surface area contributed by atoms with Gasteiger partial charge < -0.3 is 24.2 Å². The summed E-state index contributed by atoms with van der Waals surface area (Å²) < 4.78 is 18.5. The van der Waals surface area contributed by atoms with Gasteiger partial charge in [-0.2, -0.15) is 0 Å². The Morgan fingerprint density at radius 2 is 1.80 bits per heavy atom. The summed E-state index contributed by atoms with van der Waals surface area (Å²) in [5.41, 5.74) is 1.91. The van der Waals surface area contributed by atoms with Crippen molar-refractivity contribution in [1.29, 1.82) is 0 Å². The van der Waals surface area contributed by atoms with Crippen LogP contribution in [0.3, 0.4) is 0 Å². The van der Waals surface area contributed by atoms with E-state index in [-0.39, 0.29) is 12.2 Å². The minimum atomic E-state index is -1.05. The smallest absolute Gasteiger partial charge is 0.335 e. The third-order valence-corrected chi connectivity index (χ3v) is 5.96. The van der Waals surface area contributed by atoms with Crippen molar-refractivity contribution < 1.29 is 28.9 Å². The van der Waals surface area contributed by atoms with E-state index < -0.39 is 12.3 Å². The molecule has 1 saturated heterocycles. The fourth-order valence-electron chi connectivity index (χ4n) is 3.32. The summed E-state index contributed by atoms with van der Waals surface area (Å²) >= 11 is 2.27. The number of carboxylic acid groups (broad SMARTS) is 1. The molecule has 0 amide bonds. The highest BCUT2D eigenvalue weighted by Crippen LogP contribution is 2.20. The van der Waals surface area contributed by atoms with Crippen LogP contribution in [0.1, 0.15) is 40.9 Å². The van der Waals surface area contributed by atoms with Gasteiger partial charge in [0.1, 0.15) is 30.4 Å². The lowest BCUT2D eigenvalue weighted by molar-refractivity contribution is -0.162. The third kappa shape index (κ3) is 7.66. The van der Waals surface area contributed by atoms with Gasteiger partial charge in [-0.3, -0.25) is 4.98 Å². The van der Waals surface area contributed by atoms with Crippen molar-refractivity contribution in [3.63, 3.8) is 0 Å². The molecule has 1 aliphatic rings. The van der Waals surface area contributed by atoms with Gasteiger partial charge in [-0.15, -0.1) is 0 Å². The molecule has 1 fully saturated rings. The number of oxime groups is 1. The van der Waals surface area contributed by atoms with Crippen molar-refractivity contribution in [1.82, 2.24) is 4.98 Å². The second-order valence-electron chi connectivity index (χ2n) is 7.85. The molecule has 9 heteroatoms. The highest BCUT2D eigenvalue weighted by Gasteiger charge is 2.17. The zero-order valence-electron chi connectivity index (χ0n) is 18.9. The number of aromatic nitrogens is 1. The van der Waals surface area contributed by atoms with E-state index in [1.54, 1.807) is 12.1 Å². The minimum Gasteiger partial charge on any atom is -0.489 e. The molecule has 0 aliphatic carbocycles. The summed E-state index contributed by atoms with van der Waals surface area (Å²) in [4.78, 5) is 21.2. The van der Waals surface area contributed by atoms with Crippen LogP contribution in [0.4, 0.5) is 0 Å². The van der Waals surface area contributed by atoms with Crippen molar-refractivity contribution in [3.05, 3.63) is 87.3 Å². The first-order valence-corrected chi connectivity index (χ1v) is 12.3. The highest BCUT2D eigenvalue weighted by atomic mass is 127. The van der Waals surface area contributed by atoms with Crippen LogP contribution in [-0.4, -0.2) is 41.3 Å². The number of nitrogens with zero attached hydrogens (tertiary/aromatic N) is 2. The molecule has 1 unspecified atom stereocenters. The number of hydrogen-bond donors (Lipinski definition) is 1. The molecule has 1 aliphatic heterocycles. The normalized spacial score (nSPS) is 15.9. The Labute approximate surface area is 217 Å². The lowest BCUT2D eigenvalue weighted by Crippen LogP contribution is -2.22. The number of benzene rings is 2. The Kier molecular flexibility index (Phi) is 8.90. The van der Waals surface area contributed by atoms with Crippen molar-refractivity contribution in [2.75, 3.05) is 13.2 Å². The van der Waals surface area contributed by atoms with Gasteiger partial charge in [-0.05, 0) is 89.5 Å². The SMILES string of the molecule is O=C(O)c1ccnc(/C(COc2ccc(OCc3ccc(I)cc3)cc2)=N/OC2CCCCO2)c1. The molecule has 0 bridgehead atoms. The summed E-state index contributed by atoms with van der Waals surface area (Å²) in [7, 11) is 0. The van der Waals surface area contributed by atoms with Gasteiger partial charge >= 0.3 is 5.97 Å². The molecule has 35 heavy (non-hydrogen) atoms. The predicted molar refractivity (Wildman–Crippen MR) is 138 cm³/mol. The fraction of sp³-hybridized carbons (Fsp3) is 0.269. The maximum Gasteiger partial charge on any atom is 0.335 e. The van der Waals surface area contributed by atoms with Gasteiger partial charge in [0.2, 0.25) is 6.29 Å². The number of carbonyl (C=O) groups is 1. The first-order chi connectivity index (χ1) is 17.1. The molecule has 0 radical (unpaired) electrons. The van der Waals surface area contributed by atoms with E-state index in [0.29, 0.717) is 30.4 Å². The lowest BCUT2D eigenvalue weighted by atomic mass is 10.2. The van der Waals surface area contributed by atoms with Gasteiger partial charge in [0.25, 0.3) is 0 Å². The van der Waals surface area contributed by atoms with Gasteiger partial charge in [0.05, 0.1) is 17.9 Å². The Morgan fingerprint density at radius 3 is 2.49 bits per heavy atom. The van der Waals surface area contributed by atoms with Crippen LogP contribution < -0.4 is 9.47 Å². The molecule has 0 spiro atoms. The number of halogens is 1. The number of aromatic carboxylic acids is 1. The van der Waals surface area contributed by atoms with Crippen LogP contribution in [0.2, 0.25) is 0 Å². The lowest BCUT2D eigenvalue weighted by Gasteiger charge is -2.20. The Bertz CT molecular complexity index is 1150. The molecule has 0 saturated carbocycles. The molecule has 3 aromatic rings. The van der Waals surface area contributed by atoms with Crippen LogP contribution >= 0.6 is 22.6 Å². The summed E-state index contributed by atoms with van der Waals surface area (Å²) in [5.74, 6) is 0.271. The highest BCUT2D eigenvalue weighted by molar-refractivity contribution is 14.1. The van der Waals surface area contributed by atoms with Crippen molar-refractivity contribution in [2.24, 2.45) is 5.16 Å². The van der Waals surface area contributed by atoms with Crippen LogP contribution in [0, 0.1) is 3.57 Å². The van der Waals surface area contributed by atoms with E-state index in [1.165, 1.54) is 21.9 Å². The van der Waals surface area contributed by atoms with Gasteiger partial charge in [0, 0.05) is 16.2 Å². The van der Waals surface area contributed by atoms with Gasteiger partial charge in [0.15, 0.2) is 0 Å². The van der Waals surface area contributed by atoms with Crippen LogP contribution in [-0.2, 0) is 16.2 Å². The number of carboxylic acids is 1. The molecule has 2 heterocycles. The second kappa shape index (κ2) is 12.5. The van der Waals surface area contributed by atoms with Gasteiger partial charge in [-0.1, -0.05) is 17.3 Å². The quantitative estimate of drug-likeness (QED) is 0.195. The molecule has 2 aromatic carbocycles. The molecular formula is C26H25IN2O6. The number of pyridine rings is 1. The minimum absolute atomic E-state index is 0.0334. The molecule has 4 rings (SSSR count). The first kappa shape index (κ1) is 24.9. The molecule has 1 aromatic heterocycles. The summed E-state index contributed by atoms with van der Waals surface area (Å²) in [5, 5.41) is 13.5. The molecule has 182 valence electrons. The Morgan fingerprint density at radius 1 is 1.06 bits per heavy atom. The van der Waals surface area contributed by atoms with Crippen LogP contribution in [0.15, 0.2) is 72.0 Å². The van der Waals surface area contributed by atoms with E-state index in [1.807, 2.05) is 36.4 Å². The first-order valence-electron chi connectivity index (χ1n) is 11.2. The third-order valence-electron chi connectivity index (χ3n) is 5.24. The summed E-state index contributed by atoms with van der Waals surface area (Å²) in [6, 6.07) is 18.3. The maximum atomic E-state index is 11.4. The molecule has 1 atom stereocenters. The Balaban J connectivity index is 1.40. The average Bonchev–Trinajstić information content (AvgIpc) is 2.90. The topological polar surface area (TPSA) is 99.5 Å². The van der Waals surface area contributed by atoms with Crippen LogP contribution in [0.25, 0.3) is 0 Å². The van der Waals surface area contributed by atoms with Crippen molar-refractivity contribution >= 4 is 34.3 Å². The maximum absolute atomic E-state index is 11.4. The monoisotopic (exact) mass is 588 g/mol. The van der Waals surface area contributed by atoms with E-state index >= 15 is 0 Å². The van der Waals surface area contributed by atoms with E-state index in [2.05, 4.69) is 32.7 Å². The molecule has 1 N–H and O–H groups in total. The average molecular weight is 588 g/mol. The molecular weight excluding hydrogens is 563 g/mol. The van der Waals surface area contributed by atoms with E-state index in [0.717, 1.165) is 30.6 Å². The van der Waals surface area contributed by atoms with E-state index in [4.69, 9.17) is 19.0 Å². The van der Waals surface area contributed by atoms with E-state index in [9.17, 15) is 9.90 Å².